The van der Waals surface area contributed by atoms with E-state index in [1.54, 1.807) is 0 Å². The minimum atomic E-state index is -0.936. The van der Waals surface area contributed by atoms with E-state index in [4.69, 9.17) is 11.5 Å². The molecule has 0 spiro atoms. The molecule has 9 nitrogen and oxygen atoms in total. The SMILES string of the molecule is COC(=O)CSc1[nH]c(NC(C)=O)c(C(N)=O)c1C(N)=O. The number of anilines is 1. The molecular weight excluding hydrogens is 300 g/mol. The normalized spacial score (nSPS) is 10.0. The quantitative estimate of drug-likeness (QED) is 0.407. The van der Waals surface area contributed by atoms with Crippen molar-refractivity contribution >= 4 is 41.3 Å². The van der Waals surface area contributed by atoms with Crippen molar-refractivity contribution in [3.63, 3.8) is 0 Å². The number of H-pyrrole nitrogens is 1. The van der Waals surface area contributed by atoms with E-state index in [2.05, 4.69) is 15.0 Å². The zero-order valence-corrected chi connectivity index (χ0v) is 12.1. The maximum absolute atomic E-state index is 11.5. The first-order valence-electron chi connectivity index (χ1n) is 5.60. The van der Waals surface area contributed by atoms with Crippen molar-refractivity contribution in [3.05, 3.63) is 11.1 Å². The van der Waals surface area contributed by atoms with Crippen molar-refractivity contribution < 1.29 is 23.9 Å². The summed E-state index contributed by atoms with van der Waals surface area (Å²) in [5.41, 5.74) is 10.0. The van der Waals surface area contributed by atoms with E-state index in [-0.39, 0.29) is 27.7 Å². The number of rotatable bonds is 6. The van der Waals surface area contributed by atoms with Crippen LogP contribution in [0.25, 0.3) is 0 Å². The first kappa shape index (κ1) is 16.6. The Morgan fingerprint density at radius 3 is 2.19 bits per heavy atom. The summed E-state index contributed by atoms with van der Waals surface area (Å²) in [6, 6.07) is 0. The Morgan fingerprint density at radius 1 is 1.19 bits per heavy atom. The van der Waals surface area contributed by atoms with Gasteiger partial charge in [0.15, 0.2) is 0 Å². The fourth-order valence-corrected chi connectivity index (χ4v) is 2.43. The summed E-state index contributed by atoms with van der Waals surface area (Å²) in [6.07, 6.45) is 0. The first-order chi connectivity index (χ1) is 9.77. The minimum Gasteiger partial charge on any atom is -0.468 e. The Labute approximate surface area is 123 Å². The van der Waals surface area contributed by atoms with Crippen LogP contribution in [0.2, 0.25) is 0 Å². The van der Waals surface area contributed by atoms with E-state index in [1.807, 2.05) is 0 Å². The van der Waals surface area contributed by atoms with Crippen LogP contribution in [-0.4, -0.2) is 41.5 Å². The van der Waals surface area contributed by atoms with E-state index in [0.717, 1.165) is 11.8 Å². The number of amides is 3. The summed E-state index contributed by atoms with van der Waals surface area (Å²) in [5.74, 6) is -3.02. The predicted molar refractivity (Wildman–Crippen MR) is 74.9 cm³/mol. The van der Waals surface area contributed by atoms with Gasteiger partial charge in [-0.05, 0) is 0 Å². The summed E-state index contributed by atoms with van der Waals surface area (Å²) < 4.78 is 4.47. The third-order valence-corrected chi connectivity index (χ3v) is 3.30. The van der Waals surface area contributed by atoms with Gasteiger partial charge in [0.2, 0.25) is 5.91 Å². The highest BCUT2D eigenvalue weighted by molar-refractivity contribution is 8.00. The number of ether oxygens (including phenoxy) is 1. The number of primary amides is 2. The fourth-order valence-electron chi connectivity index (χ4n) is 1.53. The average molecular weight is 314 g/mol. The number of aromatic amines is 1. The molecule has 1 aromatic rings. The van der Waals surface area contributed by atoms with Gasteiger partial charge in [-0.1, -0.05) is 11.8 Å². The third-order valence-electron chi connectivity index (χ3n) is 2.32. The molecule has 0 radical (unpaired) electrons. The monoisotopic (exact) mass is 314 g/mol. The van der Waals surface area contributed by atoms with Crippen LogP contribution in [0.3, 0.4) is 0 Å². The molecule has 0 saturated heterocycles. The summed E-state index contributed by atoms with van der Waals surface area (Å²) in [7, 11) is 1.21. The number of hydrogen-bond donors (Lipinski definition) is 4. The topological polar surface area (TPSA) is 157 Å². The van der Waals surface area contributed by atoms with Crippen LogP contribution in [0.15, 0.2) is 5.03 Å². The lowest BCUT2D eigenvalue weighted by Gasteiger charge is -2.02. The standard InChI is InChI=1S/C11H14N4O5S/c1-4(16)14-10-6(8(12)18)7(9(13)19)11(15-10)21-3-5(17)20-2/h15H,3H2,1-2H3,(H2,12,18)(H2,13,19)(H,14,16). The van der Waals surface area contributed by atoms with Gasteiger partial charge in [0.25, 0.3) is 11.8 Å². The lowest BCUT2D eigenvalue weighted by molar-refractivity contribution is -0.137. The first-order valence-corrected chi connectivity index (χ1v) is 6.59. The zero-order chi connectivity index (χ0) is 16.2. The number of carbonyl (C=O) groups excluding carboxylic acids is 4. The zero-order valence-electron chi connectivity index (χ0n) is 11.3. The summed E-state index contributed by atoms with van der Waals surface area (Å²) in [4.78, 5) is 47.9. The number of thioether (sulfide) groups is 1. The Hall–Kier alpha value is -2.49. The van der Waals surface area contributed by atoms with Gasteiger partial charge in [-0.2, -0.15) is 0 Å². The Morgan fingerprint density at radius 2 is 1.76 bits per heavy atom. The Balaban J connectivity index is 3.28. The molecule has 21 heavy (non-hydrogen) atoms. The molecular formula is C11H14N4O5S. The molecule has 3 amide bonds. The molecule has 0 aliphatic rings. The van der Waals surface area contributed by atoms with Gasteiger partial charge in [-0.25, -0.2) is 0 Å². The molecule has 0 aliphatic heterocycles. The van der Waals surface area contributed by atoms with Crippen molar-refractivity contribution in [1.82, 2.24) is 4.98 Å². The van der Waals surface area contributed by atoms with Crippen molar-refractivity contribution in [3.8, 4) is 0 Å². The molecule has 1 aromatic heterocycles. The smallest absolute Gasteiger partial charge is 0.316 e. The van der Waals surface area contributed by atoms with Gasteiger partial charge >= 0.3 is 5.97 Å². The maximum Gasteiger partial charge on any atom is 0.316 e. The third kappa shape index (κ3) is 3.99. The molecule has 1 heterocycles. The molecule has 10 heteroatoms. The predicted octanol–water partition coefficient (Wildman–Crippen LogP) is -0.564. The van der Waals surface area contributed by atoms with Crippen molar-refractivity contribution in [2.24, 2.45) is 11.5 Å². The largest absolute Gasteiger partial charge is 0.468 e. The molecule has 0 unspecified atom stereocenters. The van der Waals surface area contributed by atoms with Crippen molar-refractivity contribution in [2.75, 3.05) is 18.2 Å². The lowest BCUT2D eigenvalue weighted by Crippen LogP contribution is -2.21. The lowest BCUT2D eigenvalue weighted by atomic mass is 10.1. The van der Waals surface area contributed by atoms with Crippen LogP contribution in [0.4, 0.5) is 5.82 Å². The molecule has 0 fully saturated rings. The molecule has 0 aromatic carbocycles. The average Bonchev–Trinajstić information content (AvgIpc) is 2.73. The van der Waals surface area contributed by atoms with E-state index in [9.17, 15) is 19.2 Å². The summed E-state index contributed by atoms with van der Waals surface area (Å²) >= 11 is 0.898. The maximum atomic E-state index is 11.5. The van der Waals surface area contributed by atoms with Crippen molar-refractivity contribution in [1.29, 1.82) is 0 Å². The van der Waals surface area contributed by atoms with Gasteiger partial charge in [-0.15, -0.1) is 0 Å². The van der Waals surface area contributed by atoms with Gasteiger partial charge in [0.05, 0.1) is 29.0 Å². The summed E-state index contributed by atoms with van der Waals surface area (Å²) in [5, 5.41) is 2.48. The van der Waals surface area contributed by atoms with Crippen LogP contribution in [0, 0.1) is 0 Å². The van der Waals surface area contributed by atoms with Gasteiger partial charge < -0.3 is 26.5 Å². The highest BCUT2D eigenvalue weighted by Crippen LogP contribution is 2.30. The molecule has 114 valence electrons. The van der Waals surface area contributed by atoms with Crippen molar-refractivity contribution in [2.45, 2.75) is 11.9 Å². The number of nitrogens with two attached hydrogens (primary N) is 2. The number of esters is 1. The van der Waals surface area contributed by atoms with Crippen LogP contribution < -0.4 is 16.8 Å². The molecule has 0 aliphatic carbocycles. The number of methoxy groups -OCH3 is 1. The molecule has 1 rings (SSSR count). The second-order valence-corrected chi connectivity index (χ2v) is 4.84. The summed E-state index contributed by atoms with van der Waals surface area (Å²) in [6.45, 7) is 1.22. The Kier molecular flexibility index (Phi) is 5.36. The molecule has 0 atom stereocenters. The number of carbonyl (C=O) groups is 4. The number of nitrogens with one attached hydrogen (secondary N) is 2. The van der Waals surface area contributed by atoms with E-state index in [1.165, 1.54) is 14.0 Å². The van der Waals surface area contributed by atoms with Gasteiger partial charge in [0, 0.05) is 6.92 Å². The van der Waals surface area contributed by atoms with E-state index in [0.29, 0.717) is 0 Å². The Bertz CT molecular complexity index is 610. The molecule has 0 bridgehead atoms. The highest BCUT2D eigenvalue weighted by atomic mass is 32.2. The minimum absolute atomic E-state index is 0.0452. The second kappa shape index (κ2) is 6.79. The number of hydrogen-bond acceptors (Lipinski definition) is 6. The molecule has 0 saturated carbocycles. The van der Waals surface area contributed by atoms with E-state index >= 15 is 0 Å². The van der Waals surface area contributed by atoms with Gasteiger partial charge in [0.1, 0.15) is 5.82 Å². The number of aromatic nitrogens is 1. The second-order valence-electron chi connectivity index (χ2n) is 3.85. The van der Waals surface area contributed by atoms with Crippen LogP contribution >= 0.6 is 11.8 Å². The molecule has 6 N–H and O–H groups in total. The van der Waals surface area contributed by atoms with Crippen LogP contribution in [-0.2, 0) is 14.3 Å². The van der Waals surface area contributed by atoms with Crippen LogP contribution in [0.5, 0.6) is 0 Å². The van der Waals surface area contributed by atoms with Crippen LogP contribution in [0.1, 0.15) is 27.6 Å². The van der Waals surface area contributed by atoms with Gasteiger partial charge in [-0.3, -0.25) is 19.2 Å². The fraction of sp³-hybridized carbons (Fsp3) is 0.273. The highest BCUT2D eigenvalue weighted by Gasteiger charge is 2.26. The van der Waals surface area contributed by atoms with E-state index < -0.39 is 23.7 Å².